The van der Waals surface area contributed by atoms with E-state index in [-0.39, 0.29) is 36.1 Å². The van der Waals surface area contributed by atoms with Gasteiger partial charge in [0.1, 0.15) is 5.54 Å². The molecular formula is C31H49BClN3O4. The molecule has 3 aliphatic rings. The van der Waals surface area contributed by atoms with E-state index in [2.05, 4.69) is 55.4 Å². The summed E-state index contributed by atoms with van der Waals surface area (Å²) in [7, 11) is -0.263. The highest BCUT2D eigenvalue weighted by atomic mass is 35.5. The van der Waals surface area contributed by atoms with Crippen molar-refractivity contribution in [3.63, 3.8) is 0 Å². The van der Waals surface area contributed by atoms with Crippen LogP contribution in [-0.4, -0.2) is 59.2 Å². The van der Waals surface area contributed by atoms with Crippen LogP contribution in [0.25, 0.3) is 0 Å². The van der Waals surface area contributed by atoms with Crippen molar-refractivity contribution in [3.05, 3.63) is 34.3 Å². The Bertz CT molecular complexity index is 1090. The third-order valence-corrected chi connectivity index (χ3v) is 9.60. The number of rotatable bonds is 9. The molecule has 3 unspecified atom stereocenters. The zero-order chi connectivity index (χ0) is 29.5. The first-order chi connectivity index (χ1) is 18.5. The third-order valence-electron chi connectivity index (χ3n) is 9.36. The lowest BCUT2D eigenvalue weighted by atomic mass is 9.75. The fourth-order valence-electron chi connectivity index (χ4n) is 6.70. The first-order valence-corrected chi connectivity index (χ1v) is 15.4. The molecule has 40 heavy (non-hydrogen) atoms. The number of carbonyl (C=O) groups excluding carboxylic acids is 2. The van der Waals surface area contributed by atoms with Gasteiger partial charge in [-0.25, -0.2) is 0 Å². The van der Waals surface area contributed by atoms with Crippen LogP contribution in [0.2, 0.25) is 11.3 Å². The Morgan fingerprint density at radius 3 is 2.38 bits per heavy atom. The second kappa shape index (κ2) is 11.6. The molecule has 4 rings (SSSR count). The number of likely N-dealkylation sites (tertiary alicyclic amines) is 1. The molecule has 2 fully saturated rings. The summed E-state index contributed by atoms with van der Waals surface area (Å²) in [5.74, 6) is -0.252. The second-order valence-electron chi connectivity index (χ2n) is 14.2. The molecule has 3 atom stereocenters. The number of hydrogen-bond donors (Lipinski definition) is 2. The molecule has 0 saturated carbocycles. The van der Waals surface area contributed by atoms with E-state index in [1.165, 1.54) is 18.1 Å². The zero-order valence-electron chi connectivity index (χ0n) is 25.8. The molecular weight excluding hydrogens is 525 g/mol. The highest BCUT2D eigenvalue weighted by Crippen LogP contribution is 2.43. The summed E-state index contributed by atoms with van der Waals surface area (Å²) in [5, 5.41) is 7.19. The van der Waals surface area contributed by atoms with Gasteiger partial charge in [-0.1, -0.05) is 30.5 Å². The van der Waals surface area contributed by atoms with Gasteiger partial charge in [-0.2, -0.15) is 0 Å². The number of fused-ring (bicyclic) bond motifs is 1. The van der Waals surface area contributed by atoms with E-state index in [4.69, 9.17) is 20.9 Å². The first-order valence-electron chi connectivity index (χ1n) is 15.0. The summed E-state index contributed by atoms with van der Waals surface area (Å²) in [5.41, 5.74) is 0.555. The maximum absolute atomic E-state index is 14.1. The molecule has 2 N–H and O–H groups in total. The number of hydrogen-bond acceptors (Lipinski definition) is 5. The number of aryl methyl sites for hydroxylation is 1. The average Bonchev–Trinajstić information content (AvgIpc) is 3.50. The lowest BCUT2D eigenvalue weighted by Gasteiger charge is -2.41. The molecule has 2 amide bonds. The zero-order valence-corrected chi connectivity index (χ0v) is 26.5. The number of nitrogens with one attached hydrogen (secondary N) is 2. The molecule has 2 aliphatic heterocycles. The van der Waals surface area contributed by atoms with Crippen molar-refractivity contribution in [1.29, 1.82) is 0 Å². The number of amides is 2. The van der Waals surface area contributed by atoms with Gasteiger partial charge in [-0.3, -0.25) is 14.5 Å². The first kappa shape index (κ1) is 31.3. The summed E-state index contributed by atoms with van der Waals surface area (Å²) >= 11 is 6.27. The fourth-order valence-corrected chi connectivity index (χ4v) is 6.90. The Hall–Kier alpha value is -1.61. The molecule has 2 saturated heterocycles. The Kier molecular flexibility index (Phi) is 9.07. The van der Waals surface area contributed by atoms with E-state index in [1.807, 2.05) is 26.8 Å². The van der Waals surface area contributed by atoms with Crippen LogP contribution in [-0.2, 0) is 25.3 Å². The van der Waals surface area contributed by atoms with Gasteiger partial charge in [0.25, 0.3) is 0 Å². The lowest BCUT2D eigenvalue weighted by molar-refractivity contribution is -0.137. The van der Waals surface area contributed by atoms with Crippen molar-refractivity contribution in [2.75, 3.05) is 13.1 Å². The molecule has 1 aliphatic carbocycles. The van der Waals surface area contributed by atoms with Gasteiger partial charge in [-0.05, 0) is 110 Å². The smallest absolute Gasteiger partial charge is 0.403 e. The average molecular weight is 574 g/mol. The molecule has 2 heterocycles. The van der Waals surface area contributed by atoms with Gasteiger partial charge in [0.05, 0.1) is 11.2 Å². The van der Waals surface area contributed by atoms with E-state index >= 15 is 0 Å². The minimum absolute atomic E-state index is 0.00643. The molecule has 9 heteroatoms. The maximum Gasteiger partial charge on any atom is 0.457 e. The predicted molar refractivity (Wildman–Crippen MR) is 161 cm³/mol. The van der Waals surface area contributed by atoms with Crippen LogP contribution in [0.4, 0.5) is 0 Å². The molecule has 7 nitrogen and oxygen atoms in total. The minimum Gasteiger partial charge on any atom is -0.403 e. The summed E-state index contributed by atoms with van der Waals surface area (Å²) in [6.45, 7) is 17.4. The standard InChI is InChI=1S/C31H49BClN3O4/c1-21(37)34-31(27(38)35-28(2,3)4,16-9-10-17-32-39-29(5,6)30(7,8)40-32)23-15-18-36(20-23)26-14-11-22-19-24(33)12-13-25(22)26/h12-13,19,23,26H,9-11,14-18,20H2,1-8H3,(H,34,37)(H,35,38). The fraction of sp³-hybridized carbons (Fsp3) is 0.742. The maximum atomic E-state index is 14.1. The van der Waals surface area contributed by atoms with Crippen LogP contribution in [0.3, 0.4) is 0 Å². The van der Waals surface area contributed by atoms with E-state index in [1.54, 1.807) is 0 Å². The monoisotopic (exact) mass is 573 g/mol. The molecule has 0 spiro atoms. The normalized spacial score (nSPS) is 25.5. The predicted octanol–water partition coefficient (Wildman–Crippen LogP) is 5.70. The van der Waals surface area contributed by atoms with Gasteiger partial charge in [0.2, 0.25) is 11.8 Å². The summed E-state index contributed by atoms with van der Waals surface area (Å²) in [4.78, 5) is 29.2. The number of carbonyl (C=O) groups is 2. The topological polar surface area (TPSA) is 79.9 Å². The van der Waals surface area contributed by atoms with Crippen molar-refractivity contribution in [2.24, 2.45) is 5.92 Å². The number of halogens is 1. The van der Waals surface area contributed by atoms with Crippen LogP contribution in [0, 0.1) is 5.92 Å². The van der Waals surface area contributed by atoms with E-state index in [0.29, 0.717) is 12.5 Å². The summed E-state index contributed by atoms with van der Waals surface area (Å²) in [6, 6.07) is 6.54. The van der Waals surface area contributed by atoms with E-state index in [0.717, 1.165) is 56.5 Å². The van der Waals surface area contributed by atoms with Crippen LogP contribution in [0.5, 0.6) is 0 Å². The van der Waals surface area contributed by atoms with E-state index in [9.17, 15) is 9.59 Å². The van der Waals surface area contributed by atoms with Gasteiger partial charge in [0.15, 0.2) is 0 Å². The summed E-state index contributed by atoms with van der Waals surface area (Å²) in [6.07, 6.45) is 5.87. The molecule has 0 bridgehead atoms. The van der Waals surface area contributed by atoms with E-state index < -0.39 is 11.1 Å². The Morgan fingerprint density at radius 2 is 1.75 bits per heavy atom. The third kappa shape index (κ3) is 6.72. The Labute approximate surface area is 246 Å². The Morgan fingerprint density at radius 1 is 1.07 bits per heavy atom. The molecule has 1 aromatic carbocycles. The van der Waals surface area contributed by atoms with Gasteiger partial charge < -0.3 is 19.9 Å². The second-order valence-corrected chi connectivity index (χ2v) is 14.6. The number of nitrogens with zero attached hydrogens (tertiary/aromatic N) is 1. The largest absolute Gasteiger partial charge is 0.457 e. The molecule has 1 aromatic rings. The van der Waals surface area contributed by atoms with Crippen molar-refractivity contribution in [3.8, 4) is 0 Å². The highest BCUT2D eigenvalue weighted by molar-refractivity contribution is 6.45. The number of benzene rings is 1. The van der Waals surface area contributed by atoms with Gasteiger partial charge in [0, 0.05) is 36.0 Å². The molecule has 0 aromatic heterocycles. The lowest BCUT2D eigenvalue weighted by Crippen LogP contribution is -2.65. The van der Waals surface area contributed by atoms with Gasteiger partial charge in [-0.15, -0.1) is 0 Å². The van der Waals surface area contributed by atoms with Crippen molar-refractivity contribution < 1.29 is 18.9 Å². The SMILES string of the molecule is CC(=O)NC(CCCCB1OC(C)(C)C(C)(C)O1)(C(=O)NC(C)(C)C)C1CCN(C2CCc3cc(Cl)ccc32)C1. The quantitative estimate of drug-likeness (QED) is 0.293. The van der Waals surface area contributed by atoms with Crippen LogP contribution >= 0.6 is 11.6 Å². The highest BCUT2D eigenvalue weighted by Gasteiger charge is 2.52. The van der Waals surface area contributed by atoms with Crippen LogP contribution < -0.4 is 10.6 Å². The van der Waals surface area contributed by atoms with Gasteiger partial charge >= 0.3 is 7.12 Å². The van der Waals surface area contributed by atoms with Crippen molar-refractivity contribution in [2.45, 2.75) is 129 Å². The van der Waals surface area contributed by atoms with Crippen LogP contribution in [0.15, 0.2) is 18.2 Å². The molecule has 222 valence electrons. The number of unbranched alkanes of at least 4 members (excludes halogenated alkanes) is 1. The minimum atomic E-state index is -0.981. The summed E-state index contributed by atoms with van der Waals surface area (Å²) < 4.78 is 12.4. The van der Waals surface area contributed by atoms with Crippen LogP contribution in [0.1, 0.15) is 105 Å². The Balaban J connectivity index is 1.51. The van der Waals surface area contributed by atoms with Crippen molar-refractivity contribution in [1.82, 2.24) is 15.5 Å². The molecule has 0 radical (unpaired) electrons. The van der Waals surface area contributed by atoms with Crippen molar-refractivity contribution >= 4 is 30.5 Å².